The van der Waals surface area contributed by atoms with Gasteiger partial charge in [0.25, 0.3) is 5.69 Å². The standard InChI is InChI=1S/C12H8BrN3O3/c13-11-4-1-8(16(17)18)5-12(11)15-7-10-3-2-9(6-14)19-10/h1-5,15H,7H2. The van der Waals surface area contributed by atoms with Gasteiger partial charge >= 0.3 is 0 Å². The van der Waals surface area contributed by atoms with E-state index in [1.54, 1.807) is 18.2 Å². The van der Waals surface area contributed by atoms with Crippen molar-refractivity contribution < 1.29 is 9.34 Å². The fraction of sp³-hybridized carbons (Fsp3) is 0.0833. The molecule has 0 saturated heterocycles. The van der Waals surface area contributed by atoms with Crippen LogP contribution in [0.15, 0.2) is 39.2 Å². The fourth-order valence-electron chi connectivity index (χ4n) is 1.48. The maximum Gasteiger partial charge on any atom is 0.271 e. The van der Waals surface area contributed by atoms with E-state index in [2.05, 4.69) is 21.2 Å². The van der Waals surface area contributed by atoms with E-state index in [0.717, 1.165) is 0 Å². The van der Waals surface area contributed by atoms with E-state index >= 15 is 0 Å². The van der Waals surface area contributed by atoms with Gasteiger partial charge in [0.15, 0.2) is 0 Å². The van der Waals surface area contributed by atoms with Crippen LogP contribution in [0.1, 0.15) is 11.5 Å². The van der Waals surface area contributed by atoms with Gasteiger partial charge in [-0.25, -0.2) is 0 Å². The summed E-state index contributed by atoms with van der Waals surface area (Å²) in [7, 11) is 0. The quantitative estimate of drug-likeness (QED) is 0.687. The van der Waals surface area contributed by atoms with Gasteiger partial charge in [-0.1, -0.05) is 0 Å². The average molecular weight is 322 g/mol. The van der Waals surface area contributed by atoms with Crippen LogP contribution in [0.3, 0.4) is 0 Å². The van der Waals surface area contributed by atoms with Crippen LogP contribution in [0.2, 0.25) is 0 Å². The Bertz CT molecular complexity index is 660. The third kappa shape index (κ3) is 3.11. The molecule has 0 aliphatic rings. The molecule has 0 atom stereocenters. The topological polar surface area (TPSA) is 92.1 Å². The third-order valence-corrected chi connectivity index (χ3v) is 3.08. The molecule has 0 fully saturated rings. The van der Waals surface area contributed by atoms with Gasteiger partial charge in [-0.2, -0.15) is 5.26 Å². The molecule has 0 saturated carbocycles. The molecule has 6 nitrogen and oxygen atoms in total. The Morgan fingerprint density at radius 1 is 1.42 bits per heavy atom. The number of halogens is 1. The highest BCUT2D eigenvalue weighted by molar-refractivity contribution is 9.10. The number of hydrogen-bond acceptors (Lipinski definition) is 5. The molecule has 2 aromatic rings. The number of nitrogens with zero attached hydrogens (tertiary/aromatic N) is 2. The van der Waals surface area contributed by atoms with Gasteiger partial charge in [0, 0.05) is 16.6 Å². The summed E-state index contributed by atoms with van der Waals surface area (Å²) in [5, 5.41) is 22.3. The van der Waals surface area contributed by atoms with E-state index in [0.29, 0.717) is 22.5 Å². The molecular weight excluding hydrogens is 314 g/mol. The molecule has 1 heterocycles. The molecule has 1 aromatic carbocycles. The van der Waals surface area contributed by atoms with Crippen molar-refractivity contribution in [2.24, 2.45) is 0 Å². The number of nitriles is 1. The lowest BCUT2D eigenvalue weighted by atomic mass is 10.3. The molecule has 0 unspecified atom stereocenters. The molecule has 96 valence electrons. The van der Waals surface area contributed by atoms with Crippen LogP contribution < -0.4 is 5.32 Å². The number of benzene rings is 1. The summed E-state index contributed by atoms with van der Waals surface area (Å²) in [4.78, 5) is 10.2. The van der Waals surface area contributed by atoms with Crippen LogP contribution in [0.5, 0.6) is 0 Å². The van der Waals surface area contributed by atoms with Gasteiger partial charge in [-0.05, 0) is 34.1 Å². The second kappa shape index (κ2) is 5.54. The van der Waals surface area contributed by atoms with E-state index in [1.165, 1.54) is 12.1 Å². The van der Waals surface area contributed by atoms with Crippen molar-refractivity contribution in [2.45, 2.75) is 6.54 Å². The van der Waals surface area contributed by atoms with Gasteiger partial charge in [0.2, 0.25) is 5.76 Å². The monoisotopic (exact) mass is 321 g/mol. The van der Waals surface area contributed by atoms with E-state index in [1.807, 2.05) is 6.07 Å². The fourth-order valence-corrected chi connectivity index (χ4v) is 1.86. The Balaban J connectivity index is 2.12. The normalized spacial score (nSPS) is 9.89. The number of nitro groups is 1. The SMILES string of the molecule is N#Cc1ccc(CNc2cc([N+](=O)[O-])ccc2Br)o1. The summed E-state index contributed by atoms with van der Waals surface area (Å²) in [6.45, 7) is 0.335. The number of anilines is 1. The number of nitro benzene ring substituents is 1. The number of nitrogens with one attached hydrogen (secondary N) is 1. The third-order valence-electron chi connectivity index (χ3n) is 2.39. The maximum absolute atomic E-state index is 10.7. The Hall–Kier alpha value is -2.33. The molecule has 7 heteroatoms. The highest BCUT2D eigenvalue weighted by Crippen LogP contribution is 2.27. The molecular formula is C12H8BrN3O3. The van der Waals surface area contributed by atoms with Crippen LogP contribution in [-0.2, 0) is 6.54 Å². The zero-order valence-electron chi connectivity index (χ0n) is 9.59. The van der Waals surface area contributed by atoms with Crippen LogP contribution in [0.25, 0.3) is 0 Å². The average Bonchev–Trinajstić information content (AvgIpc) is 2.85. The van der Waals surface area contributed by atoms with Gasteiger partial charge in [0.05, 0.1) is 17.2 Å². The molecule has 0 radical (unpaired) electrons. The number of furan rings is 1. The molecule has 0 bridgehead atoms. The van der Waals surface area contributed by atoms with Gasteiger partial charge in [0.1, 0.15) is 11.8 Å². The lowest BCUT2D eigenvalue weighted by Crippen LogP contribution is -2.00. The van der Waals surface area contributed by atoms with Crippen LogP contribution >= 0.6 is 15.9 Å². The first-order valence-corrected chi connectivity index (χ1v) is 6.06. The zero-order valence-corrected chi connectivity index (χ0v) is 11.2. The summed E-state index contributed by atoms with van der Waals surface area (Å²) in [5.41, 5.74) is 0.590. The zero-order chi connectivity index (χ0) is 13.8. The van der Waals surface area contributed by atoms with E-state index in [9.17, 15) is 10.1 Å². The first kappa shape index (κ1) is 13.1. The van der Waals surface area contributed by atoms with Crippen LogP contribution in [-0.4, -0.2) is 4.92 Å². The molecule has 2 rings (SSSR count). The summed E-state index contributed by atoms with van der Waals surface area (Å²) in [5.74, 6) is 0.810. The second-order valence-corrected chi connectivity index (χ2v) is 4.51. The van der Waals surface area contributed by atoms with E-state index < -0.39 is 4.92 Å². The van der Waals surface area contributed by atoms with Gasteiger partial charge < -0.3 is 9.73 Å². The molecule has 0 amide bonds. The van der Waals surface area contributed by atoms with Crippen molar-refractivity contribution in [2.75, 3.05) is 5.32 Å². The highest BCUT2D eigenvalue weighted by Gasteiger charge is 2.10. The summed E-state index contributed by atoms with van der Waals surface area (Å²) < 4.78 is 5.91. The van der Waals surface area contributed by atoms with Crippen molar-refractivity contribution in [3.05, 3.63) is 56.4 Å². The first-order valence-electron chi connectivity index (χ1n) is 5.27. The number of hydrogen-bond donors (Lipinski definition) is 1. The lowest BCUT2D eigenvalue weighted by molar-refractivity contribution is -0.384. The summed E-state index contributed by atoms with van der Waals surface area (Å²) in [6, 6.07) is 9.58. The predicted octanol–water partition coefficient (Wildman–Crippen LogP) is 3.43. The van der Waals surface area contributed by atoms with Crippen LogP contribution in [0, 0.1) is 21.4 Å². The van der Waals surface area contributed by atoms with Crippen molar-refractivity contribution in [1.29, 1.82) is 5.26 Å². The number of rotatable bonds is 4. The lowest BCUT2D eigenvalue weighted by Gasteiger charge is -2.06. The van der Waals surface area contributed by atoms with E-state index in [4.69, 9.17) is 9.68 Å². The summed E-state index contributed by atoms with van der Waals surface area (Å²) in [6.07, 6.45) is 0. The molecule has 0 aliphatic carbocycles. The molecule has 0 spiro atoms. The largest absolute Gasteiger partial charge is 0.449 e. The Morgan fingerprint density at radius 2 is 2.21 bits per heavy atom. The Labute approximate surface area is 116 Å². The minimum Gasteiger partial charge on any atom is -0.449 e. The summed E-state index contributed by atoms with van der Waals surface area (Å²) >= 11 is 3.30. The smallest absolute Gasteiger partial charge is 0.271 e. The Kier molecular flexibility index (Phi) is 3.82. The van der Waals surface area contributed by atoms with E-state index in [-0.39, 0.29) is 11.4 Å². The first-order chi connectivity index (χ1) is 9.10. The Morgan fingerprint density at radius 3 is 2.84 bits per heavy atom. The van der Waals surface area contributed by atoms with Gasteiger partial charge in [-0.15, -0.1) is 0 Å². The molecule has 1 N–H and O–H groups in total. The van der Waals surface area contributed by atoms with Crippen molar-refractivity contribution in [3.8, 4) is 6.07 Å². The molecule has 1 aromatic heterocycles. The highest BCUT2D eigenvalue weighted by atomic mass is 79.9. The predicted molar refractivity (Wildman–Crippen MR) is 71.5 cm³/mol. The molecule has 0 aliphatic heterocycles. The number of non-ortho nitro benzene ring substituents is 1. The van der Waals surface area contributed by atoms with Crippen molar-refractivity contribution in [3.63, 3.8) is 0 Å². The van der Waals surface area contributed by atoms with Crippen LogP contribution in [0.4, 0.5) is 11.4 Å². The minimum atomic E-state index is -0.460. The maximum atomic E-state index is 10.7. The molecule has 19 heavy (non-hydrogen) atoms. The van der Waals surface area contributed by atoms with Crippen molar-refractivity contribution >= 4 is 27.3 Å². The van der Waals surface area contributed by atoms with Gasteiger partial charge in [-0.3, -0.25) is 10.1 Å². The minimum absolute atomic E-state index is 0.00265. The van der Waals surface area contributed by atoms with Crippen molar-refractivity contribution in [1.82, 2.24) is 0 Å². The second-order valence-electron chi connectivity index (χ2n) is 3.65.